The number of carbonyl (C=O) groups excluding carboxylic acids is 1. The van der Waals surface area contributed by atoms with Crippen LogP contribution in [0.3, 0.4) is 0 Å². The molecule has 0 spiro atoms. The summed E-state index contributed by atoms with van der Waals surface area (Å²) in [7, 11) is 0. The zero-order valence-corrected chi connectivity index (χ0v) is 17.9. The monoisotopic (exact) mass is 424 g/mol. The first-order chi connectivity index (χ1) is 14.3. The smallest absolute Gasteiger partial charge is 0.251 e. The maximum Gasteiger partial charge on any atom is 0.251 e. The number of aromatic nitrogens is 3. The second-order valence-corrected chi connectivity index (χ2v) is 8.67. The van der Waals surface area contributed by atoms with E-state index in [4.69, 9.17) is 11.6 Å². The number of nitrogens with zero attached hydrogens (tertiary/aromatic N) is 3. The molecular weight excluding hydrogens is 400 g/mol. The van der Waals surface area contributed by atoms with Gasteiger partial charge in [-0.25, -0.2) is 9.97 Å². The Morgan fingerprint density at radius 1 is 1.27 bits per heavy atom. The minimum atomic E-state index is -0.933. The number of nitrogens with one attached hydrogen (secondary N) is 1. The van der Waals surface area contributed by atoms with Crippen molar-refractivity contribution in [1.82, 2.24) is 14.5 Å². The molecule has 1 aliphatic rings. The van der Waals surface area contributed by atoms with Crippen LogP contribution in [0.1, 0.15) is 44.7 Å². The molecule has 156 valence electrons. The Labute approximate surface area is 180 Å². The fourth-order valence-corrected chi connectivity index (χ4v) is 4.45. The predicted octanol–water partition coefficient (Wildman–Crippen LogP) is 4.85. The summed E-state index contributed by atoms with van der Waals surface area (Å²) in [4.78, 5) is 20.7. The molecule has 7 heteroatoms. The normalized spacial score (nSPS) is 20.8. The van der Waals surface area contributed by atoms with Gasteiger partial charge in [0.2, 0.25) is 0 Å². The van der Waals surface area contributed by atoms with Crippen molar-refractivity contribution in [2.24, 2.45) is 5.92 Å². The number of fused-ring (bicyclic) bond motifs is 1. The van der Waals surface area contributed by atoms with Crippen LogP contribution in [0.25, 0.3) is 11.0 Å². The van der Waals surface area contributed by atoms with E-state index in [-0.39, 0.29) is 17.9 Å². The van der Waals surface area contributed by atoms with Gasteiger partial charge in [0.15, 0.2) is 0 Å². The molecule has 0 saturated heterocycles. The molecule has 3 atom stereocenters. The SMILES string of the molecule is C=C(C)C(=O)Nc1ncnc2c1ccn2C1CCC(C(C)(O)c2ccc(Cl)cc2)C1. The topological polar surface area (TPSA) is 80.0 Å². The third kappa shape index (κ3) is 3.73. The summed E-state index contributed by atoms with van der Waals surface area (Å²) < 4.78 is 2.13. The third-order valence-electron chi connectivity index (χ3n) is 6.15. The van der Waals surface area contributed by atoms with Crippen molar-refractivity contribution in [2.45, 2.75) is 44.8 Å². The number of rotatable bonds is 5. The number of hydrogen-bond donors (Lipinski definition) is 2. The van der Waals surface area contributed by atoms with Crippen LogP contribution in [0.5, 0.6) is 0 Å². The lowest BCUT2D eigenvalue weighted by molar-refractivity contribution is -0.112. The summed E-state index contributed by atoms with van der Waals surface area (Å²) in [6, 6.07) is 9.55. The van der Waals surface area contributed by atoms with Crippen LogP contribution in [-0.4, -0.2) is 25.5 Å². The van der Waals surface area contributed by atoms with E-state index in [1.165, 1.54) is 6.33 Å². The second-order valence-electron chi connectivity index (χ2n) is 8.24. The first kappa shape index (κ1) is 20.6. The van der Waals surface area contributed by atoms with Crippen molar-refractivity contribution < 1.29 is 9.90 Å². The lowest BCUT2D eigenvalue weighted by Crippen LogP contribution is -2.30. The van der Waals surface area contributed by atoms with Gasteiger partial charge < -0.3 is 15.0 Å². The van der Waals surface area contributed by atoms with Crippen molar-refractivity contribution >= 4 is 34.4 Å². The fraction of sp³-hybridized carbons (Fsp3) is 0.348. The van der Waals surface area contributed by atoms with Crippen LogP contribution < -0.4 is 5.32 Å². The summed E-state index contributed by atoms with van der Waals surface area (Å²) in [5.74, 6) is 0.336. The zero-order chi connectivity index (χ0) is 21.5. The number of anilines is 1. The zero-order valence-electron chi connectivity index (χ0n) is 17.1. The third-order valence-corrected chi connectivity index (χ3v) is 6.40. The molecule has 1 amide bonds. The van der Waals surface area contributed by atoms with Gasteiger partial charge in [0.25, 0.3) is 5.91 Å². The van der Waals surface area contributed by atoms with Gasteiger partial charge in [0.1, 0.15) is 17.8 Å². The van der Waals surface area contributed by atoms with Crippen LogP contribution >= 0.6 is 11.6 Å². The summed E-state index contributed by atoms with van der Waals surface area (Å²) in [6.45, 7) is 7.21. The quantitative estimate of drug-likeness (QED) is 0.574. The van der Waals surface area contributed by atoms with E-state index in [9.17, 15) is 9.90 Å². The van der Waals surface area contributed by atoms with Crippen LogP contribution in [0.15, 0.2) is 55.0 Å². The van der Waals surface area contributed by atoms with Crippen LogP contribution in [-0.2, 0) is 10.4 Å². The van der Waals surface area contributed by atoms with Gasteiger partial charge in [-0.1, -0.05) is 30.3 Å². The highest BCUT2D eigenvalue weighted by atomic mass is 35.5. The first-order valence-electron chi connectivity index (χ1n) is 10.0. The van der Waals surface area contributed by atoms with Crippen molar-refractivity contribution in [3.8, 4) is 0 Å². The van der Waals surface area contributed by atoms with E-state index in [1.54, 1.807) is 6.92 Å². The number of halogens is 1. The number of hydrogen-bond acceptors (Lipinski definition) is 4. The summed E-state index contributed by atoms with van der Waals surface area (Å²) in [6.07, 6.45) is 6.12. The molecule has 3 aromatic rings. The predicted molar refractivity (Wildman–Crippen MR) is 118 cm³/mol. The van der Waals surface area contributed by atoms with Crippen molar-refractivity contribution in [2.75, 3.05) is 5.32 Å². The molecule has 3 unspecified atom stereocenters. The number of amides is 1. The Kier molecular flexibility index (Phi) is 5.38. The molecule has 2 heterocycles. The molecule has 2 aromatic heterocycles. The van der Waals surface area contributed by atoms with Crippen molar-refractivity contribution in [3.63, 3.8) is 0 Å². The number of carbonyl (C=O) groups is 1. The Morgan fingerprint density at radius 3 is 2.70 bits per heavy atom. The highest BCUT2D eigenvalue weighted by Crippen LogP contribution is 2.45. The highest BCUT2D eigenvalue weighted by molar-refractivity contribution is 6.30. The Morgan fingerprint density at radius 2 is 2.00 bits per heavy atom. The molecule has 4 rings (SSSR count). The van der Waals surface area contributed by atoms with Gasteiger partial charge in [-0.2, -0.15) is 0 Å². The molecule has 0 radical (unpaired) electrons. The second kappa shape index (κ2) is 7.85. The fourth-order valence-electron chi connectivity index (χ4n) is 4.32. The van der Waals surface area contributed by atoms with E-state index in [0.29, 0.717) is 16.4 Å². The maximum absolute atomic E-state index is 12.0. The molecule has 1 saturated carbocycles. The van der Waals surface area contributed by atoms with Gasteiger partial charge in [0, 0.05) is 22.8 Å². The average Bonchev–Trinajstić information content (AvgIpc) is 3.36. The minimum Gasteiger partial charge on any atom is -0.385 e. The molecule has 1 aliphatic carbocycles. The van der Waals surface area contributed by atoms with E-state index in [0.717, 1.165) is 35.9 Å². The van der Waals surface area contributed by atoms with Gasteiger partial charge in [-0.3, -0.25) is 4.79 Å². The van der Waals surface area contributed by atoms with Crippen LogP contribution in [0.2, 0.25) is 5.02 Å². The largest absolute Gasteiger partial charge is 0.385 e. The molecule has 1 aromatic carbocycles. The summed E-state index contributed by atoms with van der Waals surface area (Å²) in [5, 5.41) is 15.5. The van der Waals surface area contributed by atoms with Crippen LogP contribution in [0.4, 0.5) is 5.82 Å². The van der Waals surface area contributed by atoms with E-state index < -0.39 is 5.60 Å². The molecule has 1 fully saturated rings. The van der Waals surface area contributed by atoms with E-state index in [1.807, 2.05) is 43.5 Å². The van der Waals surface area contributed by atoms with Crippen molar-refractivity contribution in [3.05, 3.63) is 65.6 Å². The lowest BCUT2D eigenvalue weighted by Gasteiger charge is -2.31. The van der Waals surface area contributed by atoms with Gasteiger partial charge in [-0.15, -0.1) is 0 Å². The molecular formula is C23H25ClN4O2. The first-order valence-corrected chi connectivity index (χ1v) is 10.4. The Hall–Kier alpha value is -2.70. The Balaban J connectivity index is 1.58. The molecule has 2 N–H and O–H groups in total. The number of aliphatic hydroxyl groups is 1. The molecule has 6 nitrogen and oxygen atoms in total. The minimum absolute atomic E-state index is 0.116. The average molecular weight is 425 g/mol. The van der Waals surface area contributed by atoms with E-state index in [2.05, 4.69) is 26.4 Å². The van der Waals surface area contributed by atoms with Gasteiger partial charge in [0.05, 0.1) is 11.0 Å². The standard InChI is InChI=1S/C23H25ClN4O2/c1-14(2)22(29)27-20-19-10-11-28(21(19)26-13-25-20)18-9-6-16(12-18)23(3,30)15-4-7-17(24)8-5-15/h4-5,7-8,10-11,13,16,18,30H,1,6,9,12H2,2-3H3,(H,25,26,27,29). The molecule has 30 heavy (non-hydrogen) atoms. The summed E-state index contributed by atoms with van der Waals surface area (Å²) in [5.41, 5.74) is 1.14. The molecule has 0 aliphatic heterocycles. The lowest BCUT2D eigenvalue weighted by atomic mass is 9.82. The van der Waals surface area contributed by atoms with Crippen LogP contribution in [0, 0.1) is 5.92 Å². The van der Waals surface area contributed by atoms with Gasteiger partial charge >= 0.3 is 0 Å². The van der Waals surface area contributed by atoms with E-state index >= 15 is 0 Å². The Bertz CT molecular complexity index is 1100. The number of benzene rings is 1. The highest BCUT2D eigenvalue weighted by Gasteiger charge is 2.40. The summed E-state index contributed by atoms with van der Waals surface area (Å²) >= 11 is 6.00. The maximum atomic E-state index is 12.0. The van der Waals surface area contributed by atoms with Crippen molar-refractivity contribution in [1.29, 1.82) is 0 Å². The molecule has 0 bridgehead atoms. The van der Waals surface area contributed by atoms with Gasteiger partial charge in [-0.05, 0) is 62.8 Å².